The van der Waals surface area contributed by atoms with Gasteiger partial charge in [0.1, 0.15) is 5.52 Å². The highest BCUT2D eigenvalue weighted by molar-refractivity contribution is 6.05. The first-order chi connectivity index (χ1) is 19.3. The number of rotatable bonds is 6. The summed E-state index contributed by atoms with van der Waals surface area (Å²) in [6.45, 7) is 16.5. The second-order valence-corrected chi connectivity index (χ2v) is 13.2. The topological polar surface area (TPSA) is 16.8 Å². The summed E-state index contributed by atoms with van der Waals surface area (Å²) in [7, 11) is 0. The van der Waals surface area contributed by atoms with E-state index in [1.807, 2.05) is 6.20 Å². The van der Waals surface area contributed by atoms with Crippen molar-refractivity contribution < 1.29 is 4.57 Å². The molecule has 2 nitrogen and oxygen atoms in total. The van der Waals surface area contributed by atoms with Crippen LogP contribution in [0.5, 0.6) is 0 Å². The second-order valence-electron chi connectivity index (χ2n) is 13.2. The number of hydrogen-bond acceptors (Lipinski definition) is 1. The lowest BCUT2D eigenvalue weighted by atomic mass is 9.68. The lowest BCUT2D eigenvalue weighted by Gasteiger charge is -2.34. The zero-order chi connectivity index (χ0) is 28.0. The van der Waals surface area contributed by atoms with Gasteiger partial charge < -0.3 is 0 Å². The van der Waals surface area contributed by atoms with E-state index in [4.69, 9.17) is 4.98 Å². The molecular formula is C38H43N2+. The number of allylic oxidation sites excluding steroid dienone is 4. The Kier molecular flexibility index (Phi) is 5.70. The fourth-order valence-corrected chi connectivity index (χ4v) is 8.54. The van der Waals surface area contributed by atoms with Crippen LogP contribution in [0.25, 0.3) is 33.1 Å². The SMILES string of the molecule is CCC(CC)C1=CC2(CC(C(CC)CC)=C1)c1ccc3cccc4c3c1-c1c(cc3ncc(C)cc3[n+]12)C4(C)C. The Morgan fingerprint density at radius 3 is 2.35 bits per heavy atom. The van der Waals surface area contributed by atoms with Crippen LogP contribution in [-0.2, 0) is 11.0 Å². The van der Waals surface area contributed by atoms with E-state index < -0.39 is 0 Å². The van der Waals surface area contributed by atoms with E-state index in [-0.39, 0.29) is 11.0 Å². The van der Waals surface area contributed by atoms with Crippen LogP contribution < -0.4 is 4.57 Å². The van der Waals surface area contributed by atoms with E-state index in [0.29, 0.717) is 11.8 Å². The van der Waals surface area contributed by atoms with Crippen LogP contribution in [0.15, 0.2) is 72.0 Å². The summed E-state index contributed by atoms with van der Waals surface area (Å²) < 4.78 is 2.76. The molecule has 0 fully saturated rings. The summed E-state index contributed by atoms with van der Waals surface area (Å²) in [5.41, 5.74) is 13.6. The van der Waals surface area contributed by atoms with E-state index in [0.717, 1.165) is 11.9 Å². The minimum absolute atomic E-state index is 0.112. The number of hydrogen-bond donors (Lipinski definition) is 0. The Balaban J connectivity index is 1.69. The minimum atomic E-state index is -0.249. The van der Waals surface area contributed by atoms with E-state index in [1.54, 1.807) is 5.57 Å². The highest BCUT2D eigenvalue weighted by Crippen LogP contribution is 2.57. The molecule has 1 unspecified atom stereocenters. The van der Waals surface area contributed by atoms with Crippen LogP contribution in [0.1, 0.15) is 95.9 Å². The number of aromatic nitrogens is 2. The molecule has 0 saturated carbocycles. The average Bonchev–Trinajstić information content (AvgIpc) is 3.22. The van der Waals surface area contributed by atoms with Crippen molar-refractivity contribution in [3.05, 3.63) is 94.2 Å². The largest absolute Gasteiger partial charge is 0.250 e. The monoisotopic (exact) mass is 527 g/mol. The molecule has 0 N–H and O–H groups in total. The molecule has 7 rings (SSSR count). The van der Waals surface area contributed by atoms with Gasteiger partial charge in [-0.25, -0.2) is 4.98 Å². The summed E-state index contributed by atoms with van der Waals surface area (Å²) in [6, 6.07) is 16.6. The molecule has 0 amide bonds. The molecule has 2 heteroatoms. The molecule has 2 aliphatic carbocycles. The third-order valence-corrected chi connectivity index (χ3v) is 10.7. The van der Waals surface area contributed by atoms with Gasteiger partial charge in [-0.15, -0.1) is 0 Å². The average molecular weight is 528 g/mol. The molecule has 1 spiro atoms. The number of aryl methyl sites for hydroxylation is 1. The van der Waals surface area contributed by atoms with Crippen LogP contribution >= 0.6 is 0 Å². The first-order valence-electron chi connectivity index (χ1n) is 15.7. The predicted octanol–water partition coefficient (Wildman–Crippen LogP) is 9.48. The normalized spacial score (nSPS) is 20.2. The third-order valence-electron chi connectivity index (χ3n) is 10.7. The van der Waals surface area contributed by atoms with Gasteiger partial charge in [0, 0.05) is 40.6 Å². The maximum atomic E-state index is 5.06. The lowest BCUT2D eigenvalue weighted by molar-refractivity contribution is -0.703. The van der Waals surface area contributed by atoms with Gasteiger partial charge in [0.25, 0.3) is 0 Å². The molecular weight excluding hydrogens is 484 g/mol. The first-order valence-corrected chi connectivity index (χ1v) is 15.7. The Morgan fingerprint density at radius 1 is 0.875 bits per heavy atom. The summed E-state index contributed by atoms with van der Waals surface area (Å²) in [5, 5.41) is 2.82. The van der Waals surface area contributed by atoms with Crippen LogP contribution in [-0.4, -0.2) is 4.98 Å². The van der Waals surface area contributed by atoms with E-state index in [1.165, 1.54) is 81.1 Å². The second kappa shape index (κ2) is 8.87. The van der Waals surface area contributed by atoms with Gasteiger partial charge in [-0.3, -0.25) is 0 Å². The van der Waals surface area contributed by atoms with Crippen molar-refractivity contribution in [1.29, 1.82) is 0 Å². The van der Waals surface area contributed by atoms with Crippen molar-refractivity contribution in [2.45, 2.75) is 91.5 Å². The zero-order valence-electron chi connectivity index (χ0n) is 25.4. The molecule has 40 heavy (non-hydrogen) atoms. The molecule has 204 valence electrons. The van der Waals surface area contributed by atoms with Crippen molar-refractivity contribution in [2.24, 2.45) is 11.8 Å². The maximum absolute atomic E-state index is 5.06. The van der Waals surface area contributed by atoms with Crippen molar-refractivity contribution in [1.82, 2.24) is 4.98 Å². The molecule has 0 bridgehead atoms. The van der Waals surface area contributed by atoms with E-state index in [2.05, 4.69) is 108 Å². The molecule has 0 radical (unpaired) electrons. The molecule has 1 atom stereocenters. The van der Waals surface area contributed by atoms with Crippen molar-refractivity contribution >= 4 is 21.8 Å². The molecule has 1 aliphatic heterocycles. The number of nitrogens with zero attached hydrogens (tertiary/aromatic N) is 2. The number of fused-ring (bicyclic) bond motifs is 4. The summed E-state index contributed by atoms with van der Waals surface area (Å²) in [6.07, 6.45) is 13.1. The van der Waals surface area contributed by atoms with Crippen molar-refractivity contribution in [2.75, 3.05) is 0 Å². The van der Waals surface area contributed by atoms with Crippen LogP contribution in [0.2, 0.25) is 0 Å². The standard InChI is InChI=1S/C38H43N2/c1-8-24(9-2)27-18-28(25(10-3)11-4)21-38(20-27)30-16-15-26-13-12-14-29-34(26)35(30)36-31(37(29,6)7)19-32-33(40(36)38)17-23(5)22-39-32/h12-20,22,24-25H,8-11,21H2,1-7H3/q+1. The Morgan fingerprint density at radius 2 is 1.62 bits per heavy atom. The van der Waals surface area contributed by atoms with Crippen molar-refractivity contribution in [3.8, 4) is 11.3 Å². The van der Waals surface area contributed by atoms with Crippen molar-refractivity contribution in [3.63, 3.8) is 0 Å². The van der Waals surface area contributed by atoms with Crippen LogP contribution in [0.4, 0.5) is 0 Å². The highest BCUT2D eigenvalue weighted by atomic mass is 15.1. The Bertz CT molecular complexity index is 1760. The molecule has 4 aromatic rings. The molecule has 2 aromatic carbocycles. The van der Waals surface area contributed by atoms with Crippen LogP contribution in [0, 0.1) is 18.8 Å². The molecule has 2 aromatic heterocycles. The van der Waals surface area contributed by atoms with Gasteiger partial charge in [0.05, 0.1) is 5.56 Å². The quantitative estimate of drug-likeness (QED) is 0.228. The Hall–Kier alpha value is -3.26. The Labute approximate surface area is 239 Å². The van der Waals surface area contributed by atoms with Gasteiger partial charge in [0.15, 0.2) is 0 Å². The number of benzene rings is 2. The summed E-state index contributed by atoms with van der Waals surface area (Å²) in [4.78, 5) is 5.06. The fraction of sp³-hybridized carbons (Fsp3) is 0.421. The maximum Gasteiger partial charge on any atom is 0.232 e. The summed E-state index contributed by atoms with van der Waals surface area (Å²) >= 11 is 0. The minimum Gasteiger partial charge on any atom is -0.250 e. The smallest absolute Gasteiger partial charge is 0.232 e. The predicted molar refractivity (Wildman–Crippen MR) is 168 cm³/mol. The number of pyridine rings is 2. The first kappa shape index (κ1) is 25.7. The van der Waals surface area contributed by atoms with Crippen LogP contribution in [0.3, 0.4) is 0 Å². The third kappa shape index (κ3) is 3.22. The van der Waals surface area contributed by atoms with Gasteiger partial charge in [-0.05, 0) is 78.7 Å². The van der Waals surface area contributed by atoms with Gasteiger partial charge in [-0.1, -0.05) is 83.5 Å². The van der Waals surface area contributed by atoms with Gasteiger partial charge in [0.2, 0.25) is 16.7 Å². The van der Waals surface area contributed by atoms with E-state index in [9.17, 15) is 0 Å². The highest BCUT2D eigenvalue weighted by Gasteiger charge is 2.57. The zero-order valence-corrected chi connectivity index (χ0v) is 25.4. The molecule has 3 aliphatic rings. The van der Waals surface area contributed by atoms with E-state index >= 15 is 0 Å². The molecule has 3 heterocycles. The fourth-order valence-electron chi connectivity index (χ4n) is 8.54. The van der Waals surface area contributed by atoms with Gasteiger partial charge in [-0.2, -0.15) is 4.57 Å². The molecule has 0 saturated heterocycles. The van der Waals surface area contributed by atoms with Gasteiger partial charge >= 0.3 is 0 Å². The lowest BCUT2D eigenvalue weighted by Crippen LogP contribution is -2.56. The summed E-state index contributed by atoms with van der Waals surface area (Å²) in [5.74, 6) is 1.18.